The van der Waals surface area contributed by atoms with E-state index in [4.69, 9.17) is 9.47 Å². The maximum atomic E-state index is 12.0. The van der Waals surface area contributed by atoms with E-state index >= 15 is 0 Å². The molecule has 1 aromatic rings. The van der Waals surface area contributed by atoms with E-state index in [0.29, 0.717) is 32.1 Å². The maximum Gasteiger partial charge on any atom is 0.220 e. The molecule has 1 aromatic carbocycles. The van der Waals surface area contributed by atoms with Gasteiger partial charge in [0.05, 0.1) is 0 Å². The summed E-state index contributed by atoms with van der Waals surface area (Å²) in [4.78, 5) is 12.0. The highest BCUT2D eigenvalue weighted by molar-refractivity contribution is 5.76. The van der Waals surface area contributed by atoms with Crippen LogP contribution in [0, 0.1) is 5.92 Å². The second-order valence-corrected chi connectivity index (χ2v) is 5.65. The number of carbonyl (C=O) groups excluding carboxylic acids is 1. The van der Waals surface area contributed by atoms with Gasteiger partial charge in [0.2, 0.25) is 5.91 Å². The first-order chi connectivity index (χ1) is 10.3. The Balaban J connectivity index is 1.49. The minimum Gasteiger partial charge on any atom is -0.486 e. The number of hydrogen-bond acceptors (Lipinski definition) is 4. The summed E-state index contributed by atoms with van der Waals surface area (Å²) in [6.07, 6.45) is 2.82. The number of carbonyl (C=O) groups is 1. The van der Waals surface area contributed by atoms with Crippen LogP contribution in [0.3, 0.4) is 0 Å². The largest absolute Gasteiger partial charge is 0.486 e. The Kier molecular flexibility index (Phi) is 4.60. The van der Waals surface area contributed by atoms with Crippen molar-refractivity contribution in [3.8, 4) is 11.5 Å². The normalized spacial score (nSPS) is 18.3. The van der Waals surface area contributed by atoms with Crippen LogP contribution in [0.1, 0.15) is 24.8 Å². The van der Waals surface area contributed by atoms with Crippen molar-refractivity contribution in [2.45, 2.75) is 25.8 Å². The van der Waals surface area contributed by atoms with Crippen LogP contribution in [0.4, 0.5) is 0 Å². The van der Waals surface area contributed by atoms with Crippen molar-refractivity contribution < 1.29 is 14.3 Å². The Morgan fingerprint density at radius 3 is 2.76 bits per heavy atom. The van der Waals surface area contributed by atoms with Crippen molar-refractivity contribution in [1.29, 1.82) is 0 Å². The average Bonchev–Trinajstić information content (AvgIpc) is 2.54. The van der Waals surface area contributed by atoms with Crippen LogP contribution in [0.2, 0.25) is 0 Å². The van der Waals surface area contributed by atoms with Crippen molar-refractivity contribution >= 4 is 5.91 Å². The summed E-state index contributed by atoms with van der Waals surface area (Å²) in [5, 5.41) is 6.31. The van der Waals surface area contributed by atoms with Crippen LogP contribution in [-0.2, 0) is 11.3 Å². The molecule has 5 nitrogen and oxygen atoms in total. The summed E-state index contributed by atoms with van der Waals surface area (Å²) in [6, 6.07) is 5.82. The zero-order chi connectivity index (χ0) is 14.5. The summed E-state index contributed by atoms with van der Waals surface area (Å²) in [7, 11) is 0. The van der Waals surface area contributed by atoms with Gasteiger partial charge in [0.25, 0.3) is 0 Å². The highest BCUT2D eigenvalue weighted by Crippen LogP contribution is 2.30. The first-order valence-electron chi connectivity index (χ1n) is 7.67. The number of hydrogen-bond donors (Lipinski definition) is 2. The van der Waals surface area contributed by atoms with Crippen LogP contribution in [-0.4, -0.2) is 32.2 Å². The van der Waals surface area contributed by atoms with Gasteiger partial charge in [-0.05, 0) is 49.5 Å². The number of ether oxygens (including phenoxy) is 2. The smallest absolute Gasteiger partial charge is 0.220 e. The van der Waals surface area contributed by atoms with E-state index in [1.54, 1.807) is 0 Å². The van der Waals surface area contributed by atoms with Crippen LogP contribution in [0.25, 0.3) is 0 Å². The minimum atomic E-state index is 0.136. The molecule has 21 heavy (non-hydrogen) atoms. The molecule has 1 fully saturated rings. The molecule has 5 heteroatoms. The van der Waals surface area contributed by atoms with Crippen LogP contribution in [0.5, 0.6) is 11.5 Å². The van der Waals surface area contributed by atoms with E-state index in [1.165, 1.54) is 0 Å². The molecule has 2 N–H and O–H groups in total. The quantitative estimate of drug-likeness (QED) is 0.881. The third-order valence-electron chi connectivity index (χ3n) is 4.03. The van der Waals surface area contributed by atoms with E-state index < -0.39 is 0 Å². The van der Waals surface area contributed by atoms with E-state index in [1.807, 2.05) is 18.2 Å². The molecular weight excluding hydrogens is 268 g/mol. The first kappa shape index (κ1) is 14.2. The molecule has 0 radical (unpaired) electrons. The molecule has 1 amide bonds. The first-order valence-corrected chi connectivity index (χ1v) is 7.67. The topological polar surface area (TPSA) is 59.6 Å². The fourth-order valence-electron chi connectivity index (χ4n) is 2.82. The Bertz CT molecular complexity index is 498. The zero-order valence-electron chi connectivity index (χ0n) is 12.2. The van der Waals surface area contributed by atoms with Crippen molar-refractivity contribution in [1.82, 2.24) is 10.6 Å². The van der Waals surface area contributed by atoms with Gasteiger partial charge in [-0.25, -0.2) is 0 Å². The monoisotopic (exact) mass is 290 g/mol. The van der Waals surface area contributed by atoms with Gasteiger partial charge >= 0.3 is 0 Å². The van der Waals surface area contributed by atoms with Gasteiger partial charge in [-0.15, -0.1) is 0 Å². The summed E-state index contributed by atoms with van der Waals surface area (Å²) in [5.41, 5.74) is 1.04. The Labute approximate surface area is 125 Å². The lowest BCUT2D eigenvalue weighted by molar-refractivity contribution is -0.122. The number of rotatable bonds is 4. The number of piperidine rings is 1. The predicted octanol–water partition coefficient (Wildman–Crippen LogP) is 1.46. The molecule has 114 valence electrons. The van der Waals surface area contributed by atoms with Gasteiger partial charge in [0.1, 0.15) is 13.2 Å². The fraction of sp³-hybridized carbons (Fsp3) is 0.562. The molecule has 3 rings (SSSR count). The number of fused-ring (bicyclic) bond motifs is 1. The Hall–Kier alpha value is -1.75. The maximum absolute atomic E-state index is 12.0. The van der Waals surface area contributed by atoms with Crippen molar-refractivity contribution in [3.05, 3.63) is 23.8 Å². The molecule has 0 atom stereocenters. The molecule has 2 aliphatic rings. The number of benzene rings is 1. The van der Waals surface area contributed by atoms with Crippen LogP contribution >= 0.6 is 0 Å². The molecule has 0 saturated carbocycles. The standard InChI is InChI=1S/C16H22N2O3/c19-16(10-12-3-5-17-6-4-12)18-11-13-1-2-14-15(9-13)21-8-7-20-14/h1-2,9,12,17H,3-8,10-11H2,(H,18,19). The van der Waals surface area contributed by atoms with Gasteiger partial charge in [0, 0.05) is 13.0 Å². The molecule has 0 aromatic heterocycles. The lowest BCUT2D eigenvalue weighted by atomic mass is 9.94. The average molecular weight is 290 g/mol. The lowest BCUT2D eigenvalue weighted by Gasteiger charge is -2.22. The summed E-state index contributed by atoms with van der Waals surface area (Å²) in [5.74, 6) is 2.21. The summed E-state index contributed by atoms with van der Waals surface area (Å²) < 4.78 is 11.0. The van der Waals surface area contributed by atoms with E-state index in [2.05, 4.69) is 10.6 Å². The van der Waals surface area contributed by atoms with Crippen molar-refractivity contribution in [3.63, 3.8) is 0 Å². The third kappa shape index (κ3) is 3.88. The molecule has 1 saturated heterocycles. The Morgan fingerprint density at radius 2 is 1.95 bits per heavy atom. The Morgan fingerprint density at radius 1 is 1.19 bits per heavy atom. The molecular formula is C16H22N2O3. The minimum absolute atomic E-state index is 0.136. The lowest BCUT2D eigenvalue weighted by Crippen LogP contribution is -2.32. The SMILES string of the molecule is O=C(CC1CCNCC1)NCc1ccc2c(c1)OCCO2. The second kappa shape index (κ2) is 6.80. The van der Waals surface area contributed by atoms with Crippen molar-refractivity contribution in [2.24, 2.45) is 5.92 Å². The highest BCUT2D eigenvalue weighted by atomic mass is 16.6. The van der Waals surface area contributed by atoms with Gasteiger partial charge < -0.3 is 20.1 Å². The number of nitrogens with one attached hydrogen (secondary N) is 2. The molecule has 0 aliphatic carbocycles. The second-order valence-electron chi connectivity index (χ2n) is 5.65. The van der Waals surface area contributed by atoms with Gasteiger partial charge in [-0.3, -0.25) is 4.79 Å². The molecule has 2 heterocycles. The summed E-state index contributed by atoms with van der Waals surface area (Å²) in [6.45, 7) is 3.78. The van der Waals surface area contributed by atoms with E-state index in [0.717, 1.165) is 43.0 Å². The van der Waals surface area contributed by atoms with E-state index in [9.17, 15) is 4.79 Å². The van der Waals surface area contributed by atoms with E-state index in [-0.39, 0.29) is 5.91 Å². The zero-order valence-corrected chi connectivity index (χ0v) is 12.2. The van der Waals surface area contributed by atoms with Crippen LogP contribution < -0.4 is 20.1 Å². The van der Waals surface area contributed by atoms with Gasteiger partial charge in [-0.1, -0.05) is 6.07 Å². The fourth-order valence-corrected chi connectivity index (χ4v) is 2.82. The molecule has 0 spiro atoms. The van der Waals surface area contributed by atoms with Crippen LogP contribution in [0.15, 0.2) is 18.2 Å². The molecule has 0 bridgehead atoms. The third-order valence-corrected chi connectivity index (χ3v) is 4.03. The summed E-state index contributed by atoms with van der Waals surface area (Å²) >= 11 is 0. The molecule has 2 aliphatic heterocycles. The van der Waals surface area contributed by atoms with Gasteiger partial charge in [-0.2, -0.15) is 0 Å². The number of amides is 1. The van der Waals surface area contributed by atoms with Crippen molar-refractivity contribution in [2.75, 3.05) is 26.3 Å². The highest BCUT2D eigenvalue weighted by Gasteiger charge is 2.17. The predicted molar refractivity (Wildman–Crippen MR) is 79.5 cm³/mol. The molecule has 0 unspecified atom stereocenters. The van der Waals surface area contributed by atoms with Gasteiger partial charge in [0.15, 0.2) is 11.5 Å².